The van der Waals surface area contributed by atoms with Gasteiger partial charge in [0.05, 0.1) is 36.8 Å². The largest absolute Gasteiger partial charge is 0.490 e. The average Bonchev–Trinajstić information content (AvgIpc) is 3.02. The molecule has 46 heavy (non-hydrogen) atoms. The zero-order valence-electron chi connectivity index (χ0n) is 28.5. The molecule has 2 N–H and O–H groups in total. The molecule has 1 aliphatic rings. The highest BCUT2D eigenvalue weighted by molar-refractivity contribution is 6.00. The molecule has 2 aromatic rings. The number of nitrogens with one attached hydrogen (secondary N) is 1. The van der Waals surface area contributed by atoms with E-state index in [2.05, 4.69) is 10.2 Å². The molecule has 3 amide bonds. The Hall–Kier alpha value is -3.47. The van der Waals surface area contributed by atoms with Crippen LogP contribution in [-0.4, -0.2) is 110 Å². The fourth-order valence-corrected chi connectivity index (χ4v) is 5.56. The minimum atomic E-state index is -0.490. The van der Waals surface area contributed by atoms with Gasteiger partial charge in [-0.2, -0.15) is 0 Å². The summed E-state index contributed by atoms with van der Waals surface area (Å²) in [5, 5.41) is 13.1. The van der Waals surface area contributed by atoms with Gasteiger partial charge in [0.25, 0.3) is 5.91 Å². The van der Waals surface area contributed by atoms with Crippen LogP contribution in [0.15, 0.2) is 48.5 Å². The summed E-state index contributed by atoms with van der Waals surface area (Å²) < 4.78 is 12.7. The van der Waals surface area contributed by atoms with Gasteiger partial charge in [-0.1, -0.05) is 37.3 Å². The molecule has 2 aromatic carbocycles. The Labute approximate surface area is 275 Å². The van der Waals surface area contributed by atoms with Crippen molar-refractivity contribution in [1.29, 1.82) is 0 Å². The van der Waals surface area contributed by atoms with Crippen molar-refractivity contribution in [2.75, 3.05) is 59.3 Å². The SMILES string of the molecule is C[C@@H]1CCCCO[C@@H](CN(C)C(=O)CCCN(C)C)[C@H](C)CN([C@@H](C)CO)C(=O)c2cc(NC(=O)Cc3ccccc3)ccc2O1. The van der Waals surface area contributed by atoms with Crippen LogP contribution < -0.4 is 10.1 Å². The van der Waals surface area contributed by atoms with Crippen molar-refractivity contribution in [1.82, 2.24) is 14.7 Å². The quantitative estimate of drug-likeness (QED) is 0.374. The van der Waals surface area contributed by atoms with Gasteiger partial charge in [-0.05, 0) is 83.9 Å². The van der Waals surface area contributed by atoms with E-state index in [4.69, 9.17) is 9.47 Å². The first-order chi connectivity index (χ1) is 22.0. The molecule has 0 spiro atoms. The molecule has 10 heteroatoms. The van der Waals surface area contributed by atoms with E-state index < -0.39 is 6.04 Å². The topological polar surface area (TPSA) is 112 Å². The Balaban J connectivity index is 1.87. The number of benzene rings is 2. The molecular weight excluding hydrogens is 584 g/mol. The maximum absolute atomic E-state index is 14.3. The van der Waals surface area contributed by atoms with Crippen LogP contribution in [0.25, 0.3) is 0 Å². The molecule has 10 nitrogen and oxygen atoms in total. The number of nitrogens with zero attached hydrogens (tertiary/aromatic N) is 3. The van der Waals surface area contributed by atoms with Crippen molar-refractivity contribution in [3.63, 3.8) is 0 Å². The molecular formula is C36H54N4O6. The predicted octanol–water partition coefficient (Wildman–Crippen LogP) is 4.46. The number of rotatable bonds is 11. The zero-order valence-corrected chi connectivity index (χ0v) is 28.5. The lowest BCUT2D eigenvalue weighted by molar-refractivity contribution is -0.132. The third kappa shape index (κ3) is 11.7. The molecule has 0 radical (unpaired) electrons. The lowest BCUT2D eigenvalue weighted by Crippen LogP contribution is -2.48. The number of amides is 3. The molecule has 0 bridgehead atoms. The van der Waals surface area contributed by atoms with E-state index in [9.17, 15) is 19.5 Å². The summed E-state index contributed by atoms with van der Waals surface area (Å²) in [5.41, 5.74) is 1.70. The Morgan fingerprint density at radius 1 is 1.09 bits per heavy atom. The first-order valence-corrected chi connectivity index (χ1v) is 16.5. The number of fused-ring (bicyclic) bond motifs is 1. The second-order valence-corrected chi connectivity index (χ2v) is 12.9. The van der Waals surface area contributed by atoms with Gasteiger partial charge in [0.15, 0.2) is 0 Å². The van der Waals surface area contributed by atoms with E-state index in [-0.39, 0.29) is 48.9 Å². The zero-order chi connectivity index (χ0) is 33.6. The van der Waals surface area contributed by atoms with Gasteiger partial charge in [-0.3, -0.25) is 14.4 Å². The van der Waals surface area contributed by atoms with Crippen LogP contribution in [0.5, 0.6) is 5.75 Å². The smallest absolute Gasteiger partial charge is 0.258 e. The maximum atomic E-state index is 14.3. The first-order valence-electron chi connectivity index (χ1n) is 16.5. The second kappa shape index (κ2) is 18.6. The molecule has 0 aromatic heterocycles. The van der Waals surface area contributed by atoms with E-state index in [0.717, 1.165) is 37.8 Å². The van der Waals surface area contributed by atoms with Crippen LogP contribution in [0.4, 0.5) is 5.69 Å². The Morgan fingerprint density at radius 2 is 1.83 bits per heavy atom. The van der Waals surface area contributed by atoms with Crippen molar-refractivity contribution in [3.8, 4) is 5.75 Å². The first kappa shape index (κ1) is 37.0. The normalized spacial score (nSPS) is 20.3. The van der Waals surface area contributed by atoms with E-state index in [1.165, 1.54) is 0 Å². The van der Waals surface area contributed by atoms with Crippen molar-refractivity contribution in [3.05, 3.63) is 59.7 Å². The Kier molecular flexibility index (Phi) is 15.0. The van der Waals surface area contributed by atoms with Crippen LogP contribution in [0, 0.1) is 5.92 Å². The van der Waals surface area contributed by atoms with Crippen LogP contribution in [-0.2, 0) is 20.7 Å². The van der Waals surface area contributed by atoms with Gasteiger partial charge in [0, 0.05) is 44.8 Å². The van der Waals surface area contributed by atoms with Crippen molar-refractivity contribution < 1.29 is 29.0 Å². The highest BCUT2D eigenvalue weighted by Crippen LogP contribution is 2.28. The minimum absolute atomic E-state index is 0.0652. The minimum Gasteiger partial charge on any atom is -0.490 e. The molecule has 0 fully saturated rings. The predicted molar refractivity (Wildman–Crippen MR) is 181 cm³/mol. The summed E-state index contributed by atoms with van der Waals surface area (Å²) in [5.74, 6) is -0.137. The van der Waals surface area contributed by atoms with Crippen LogP contribution in [0.3, 0.4) is 0 Å². The van der Waals surface area contributed by atoms with Crippen molar-refractivity contribution >= 4 is 23.4 Å². The Morgan fingerprint density at radius 3 is 2.52 bits per heavy atom. The lowest BCUT2D eigenvalue weighted by atomic mass is 10.0. The molecule has 0 saturated carbocycles. The number of hydrogen-bond donors (Lipinski definition) is 2. The number of carbonyl (C=O) groups excluding carboxylic acids is 3. The molecule has 0 saturated heterocycles. The summed E-state index contributed by atoms with van der Waals surface area (Å²) in [6.07, 6.45) is 3.48. The number of likely N-dealkylation sites (N-methyl/N-ethyl adjacent to an activating group) is 1. The molecule has 0 aliphatic carbocycles. The van der Waals surface area contributed by atoms with E-state index in [1.54, 1.807) is 34.9 Å². The maximum Gasteiger partial charge on any atom is 0.258 e. The second-order valence-electron chi connectivity index (χ2n) is 12.9. The molecule has 1 heterocycles. The Bertz CT molecular complexity index is 1260. The molecule has 4 atom stereocenters. The van der Waals surface area contributed by atoms with Gasteiger partial charge < -0.3 is 34.6 Å². The molecule has 0 unspecified atom stereocenters. The van der Waals surface area contributed by atoms with Gasteiger partial charge in [-0.15, -0.1) is 0 Å². The third-order valence-corrected chi connectivity index (χ3v) is 8.42. The number of aliphatic hydroxyl groups excluding tert-OH is 1. The number of carbonyl (C=O) groups is 3. The van der Waals surface area contributed by atoms with Crippen molar-refractivity contribution in [2.45, 2.75) is 77.5 Å². The number of aliphatic hydroxyl groups is 1. The van der Waals surface area contributed by atoms with Crippen LogP contribution in [0.2, 0.25) is 0 Å². The van der Waals surface area contributed by atoms with E-state index in [1.807, 2.05) is 65.3 Å². The van der Waals surface area contributed by atoms with Crippen LogP contribution in [0.1, 0.15) is 68.8 Å². The molecule has 3 rings (SSSR count). The third-order valence-electron chi connectivity index (χ3n) is 8.42. The summed E-state index contributed by atoms with van der Waals surface area (Å²) in [4.78, 5) is 45.6. The van der Waals surface area contributed by atoms with Crippen LogP contribution >= 0.6 is 0 Å². The average molecular weight is 639 g/mol. The number of ether oxygens (including phenoxy) is 2. The van der Waals surface area contributed by atoms with Gasteiger partial charge in [-0.25, -0.2) is 0 Å². The summed E-state index contributed by atoms with van der Waals surface area (Å²) in [6.45, 7) is 7.66. The van der Waals surface area contributed by atoms with Gasteiger partial charge in [0.2, 0.25) is 11.8 Å². The van der Waals surface area contributed by atoms with Gasteiger partial charge >= 0.3 is 0 Å². The molecule has 1 aliphatic heterocycles. The fourth-order valence-electron chi connectivity index (χ4n) is 5.56. The highest BCUT2D eigenvalue weighted by Gasteiger charge is 2.31. The van der Waals surface area contributed by atoms with E-state index in [0.29, 0.717) is 43.1 Å². The van der Waals surface area contributed by atoms with E-state index >= 15 is 0 Å². The summed E-state index contributed by atoms with van der Waals surface area (Å²) in [7, 11) is 5.79. The van der Waals surface area contributed by atoms with Gasteiger partial charge in [0.1, 0.15) is 5.75 Å². The summed E-state index contributed by atoms with van der Waals surface area (Å²) >= 11 is 0. The summed E-state index contributed by atoms with van der Waals surface area (Å²) in [6, 6.07) is 14.1. The standard InChI is InChI=1S/C36H54N4O6/c1-26-23-40(27(2)25-41)36(44)31-22-30(37-34(42)21-29-14-8-7-9-15-29)17-18-32(31)46-28(3)13-10-11-20-45-33(26)24-39(6)35(43)16-12-19-38(4)5/h7-9,14-15,17-18,22,26-28,33,41H,10-13,16,19-21,23-25H2,1-6H3,(H,37,42)/t26-,27+,28-,33+/m1/s1. The highest BCUT2D eigenvalue weighted by atomic mass is 16.5. The number of anilines is 1. The lowest BCUT2D eigenvalue weighted by Gasteiger charge is -2.36. The number of hydrogen-bond acceptors (Lipinski definition) is 7. The monoisotopic (exact) mass is 638 g/mol. The molecule has 254 valence electrons. The fraction of sp³-hybridized carbons (Fsp3) is 0.583. The van der Waals surface area contributed by atoms with Crippen molar-refractivity contribution in [2.24, 2.45) is 5.92 Å².